The Balaban J connectivity index is 2.01. The third-order valence-electron chi connectivity index (χ3n) is 2.92. The van der Waals surface area contributed by atoms with Gasteiger partial charge >= 0.3 is 0 Å². The molecule has 110 valence electrons. The molecule has 0 atom stereocenters. The summed E-state index contributed by atoms with van der Waals surface area (Å²) in [5.41, 5.74) is 8.81. The SMILES string of the molecule is C=CCNC(=O)c1sc(NCc2cccc(C)c2)cc1N. The maximum absolute atomic E-state index is 11.9. The highest BCUT2D eigenvalue weighted by Crippen LogP contribution is 2.29. The van der Waals surface area contributed by atoms with Crippen LogP contribution in [0.1, 0.15) is 20.8 Å². The van der Waals surface area contributed by atoms with Gasteiger partial charge in [0.25, 0.3) is 5.91 Å². The van der Waals surface area contributed by atoms with Crippen LogP contribution in [0.25, 0.3) is 0 Å². The lowest BCUT2D eigenvalue weighted by atomic mass is 10.1. The number of aryl methyl sites for hydroxylation is 1. The van der Waals surface area contributed by atoms with Gasteiger partial charge in [-0.1, -0.05) is 35.9 Å². The molecule has 1 heterocycles. The van der Waals surface area contributed by atoms with E-state index in [9.17, 15) is 4.79 Å². The molecule has 2 rings (SSSR count). The molecule has 0 saturated carbocycles. The van der Waals surface area contributed by atoms with Crippen LogP contribution >= 0.6 is 11.3 Å². The van der Waals surface area contributed by atoms with Gasteiger partial charge in [-0.15, -0.1) is 17.9 Å². The topological polar surface area (TPSA) is 67.2 Å². The number of amides is 1. The minimum atomic E-state index is -0.166. The molecule has 2 aromatic rings. The first-order valence-electron chi connectivity index (χ1n) is 6.68. The smallest absolute Gasteiger partial charge is 0.263 e. The zero-order chi connectivity index (χ0) is 15.2. The Bertz CT molecular complexity index is 649. The lowest BCUT2D eigenvalue weighted by Gasteiger charge is -2.04. The van der Waals surface area contributed by atoms with Gasteiger partial charge < -0.3 is 16.4 Å². The summed E-state index contributed by atoms with van der Waals surface area (Å²) in [6.45, 7) is 6.77. The fraction of sp³-hybridized carbons (Fsp3) is 0.188. The summed E-state index contributed by atoms with van der Waals surface area (Å²) in [4.78, 5) is 12.4. The van der Waals surface area contributed by atoms with E-state index >= 15 is 0 Å². The Morgan fingerprint density at radius 2 is 2.24 bits per heavy atom. The average Bonchev–Trinajstić information content (AvgIpc) is 2.84. The largest absolute Gasteiger partial charge is 0.397 e. The Morgan fingerprint density at radius 1 is 1.43 bits per heavy atom. The first-order valence-corrected chi connectivity index (χ1v) is 7.49. The van der Waals surface area contributed by atoms with E-state index in [0.29, 0.717) is 23.7 Å². The summed E-state index contributed by atoms with van der Waals surface area (Å²) in [6, 6.07) is 10.1. The van der Waals surface area contributed by atoms with Gasteiger partial charge in [0.05, 0.1) is 10.7 Å². The van der Waals surface area contributed by atoms with Crippen molar-refractivity contribution in [2.75, 3.05) is 17.6 Å². The van der Waals surface area contributed by atoms with Crippen molar-refractivity contribution in [3.8, 4) is 0 Å². The van der Waals surface area contributed by atoms with Crippen molar-refractivity contribution in [1.82, 2.24) is 5.32 Å². The van der Waals surface area contributed by atoms with Crippen molar-refractivity contribution in [3.05, 3.63) is 59.0 Å². The lowest BCUT2D eigenvalue weighted by molar-refractivity contribution is 0.0963. The van der Waals surface area contributed by atoms with Gasteiger partial charge in [-0.2, -0.15) is 0 Å². The monoisotopic (exact) mass is 301 g/mol. The van der Waals surface area contributed by atoms with E-state index in [2.05, 4.69) is 42.3 Å². The molecule has 4 N–H and O–H groups in total. The Morgan fingerprint density at radius 3 is 2.95 bits per heavy atom. The van der Waals surface area contributed by atoms with Crippen LogP contribution in [0.2, 0.25) is 0 Å². The van der Waals surface area contributed by atoms with E-state index in [0.717, 1.165) is 5.00 Å². The number of anilines is 2. The maximum Gasteiger partial charge on any atom is 0.263 e. The van der Waals surface area contributed by atoms with E-state index in [1.807, 2.05) is 6.07 Å². The number of carbonyl (C=O) groups excluding carboxylic acids is 1. The number of rotatable bonds is 6. The summed E-state index contributed by atoms with van der Waals surface area (Å²) < 4.78 is 0. The highest BCUT2D eigenvalue weighted by molar-refractivity contribution is 7.18. The predicted octanol–water partition coefficient (Wildman–Crippen LogP) is 3.17. The van der Waals surface area contributed by atoms with Crippen LogP contribution < -0.4 is 16.4 Å². The molecule has 0 aliphatic carbocycles. The van der Waals surface area contributed by atoms with Crippen molar-refractivity contribution in [2.45, 2.75) is 13.5 Å². The average molecular weight is 301 g/mol. The van der Waals surface area contributed by atoms with Crippen LogP contribution in [0.3, 0.4) is 0 Å². The maximum atomic E-state index is 11.9. The second kappa shape index (κ2) is 6.95. The molecule has 21 heavy (non-hydrogen) atoms. The van der Waals surface area contributed by atoms with Crippen molar-refractivity contribution >= 4 is 27.9 Å². The molecule has 0 saturated heterocycles. The van der Waals surface area contributed by atoms with Crippen LogP contribution in [-0.2, 0) is 6.54 Å². The summed E-state index contributed by atoms with van der Waals surface area (Å²) in [5.74, 6) is -0.166. The normalized spacial score (nSPS) is 10.1. The van der Waals surface area contributed by atoms with Crippen LogP contribution in [0.15, 0.2) is 43.0 Å². The van der Waals surface area contributed by atoms with Crippen molar-refractivity contribution < 1.29 is 4.79 Å². The molecule has 4 nitrogen and oxygen atoms in total. The number of benzene rings is 1. The third-order valence-corrected chi connectivity index (χ3v) is 4.03. The molecule has 0 bridgehead atoms. The van der Waals surface area contributed by atoms with Gasteiger partial charge in [-0.25, -0.2) is 0 Å². The number of hydrogen-bond acceptors (Lipinski definition) is 4. The predicted molar refractivity (Wildman–Crippen MR) is 89.8 cm³/mol. The quantitative estimate of drug-likeness (QED) is 0.718. The number of thiophene rings is 1. The van der Waals surface area contributed by atoms with Crippen molar-refractivity contribution in [2.24, 2.45) is 0 Å². The highest BCUT2D eigenvalue weighted by Gasteiger charge is 2.13. The highest BCUT2D eigenvalue weighted by atomic mass is 32.1. The van der Waals surface area contributed by atoms with E-state index < -0.39 is 0 Å². The molecule has 1 aromatic heterocycles. The Kier molecular flexibility index (Phi) is 5.00. The van der Waals surface area contributed by atoms with Gasteiger partial charge in [0.15, 0.2) is 0 Å². The van der Waals surface area contributed by atoms with Crippen LogP contribution in [0.5, 0.6) is 0 Å². The fourth-order valence-electron chi connectivity index (χ4n) is 1.93. The van der Waals surface area contributed by atoms with Gasteiger partial charge in [0.1, 0.15) is 4.88 Å². The molecular weight excluding hydrogens is 282 g/mol. The molecule has 0 spiro atoms. The van der Waals surface area contributed by atoms with Crippen molar-refractivity contribution in [1.29, 1.82) is 0 Å². The fourth-order valence-corrected chi connectivity index (χ4v) is 2.82. The minimum Gasteiger partial charge on any atom is -0.397 e. The zero-order valence-electron chi connectivity index (χ0n) is 12.0. The molecule has 0 fully saturated rings. The number of hydrogen-bond donors (Lipinski definition) is 3. The van der Waals surface area contributed by atoms with Gasteiger partial charge in [0, 0.05) is 13.1 Å². The number of nitrogens with one attached hydrogen (secondary N) is 2. The van der Waals surface area contributed by atoms with E-state index in [4.69, 9.17) is 5.73 Å². The Hall–Kier alpha value is -2.27. The number of nitrogens with two attached hydrogens (primary N) is 1. The third kappa shape index (κ3) is 4.10. The molecular formula is C16H19N3OS. The second-order valence-electron chi connectivity index (χ2n) is 4.74. The minimum absolute atomic E-state index is 0.166. The van der Waals surface area contributed by atoms with Crippen LogP contribution in [-0.4, -0.2) is 12.5 Å². The second-order valence-corrected chi connectivity index (χ2v) is 5.79. The summed E-state index contributed by atoms with van der Waals surface area (Å²) in [6.07, 6.45) is 1.64. The van der Waals surface area contributed by atoms with E-state index in [1.54, 1.807) is 12.1 Å². The summed E-state index contributed by atoms with van der Waals surface area (Å²) in [7, 11) is 0. The summed E-state index contributed by atoms with van der Waals surface area (Å²) in [5, 5.41) is 6.92. The molecule has 0 aliphatic rings. The zero-order valence-corrected chi connectivity index (χ0v) is 12.8. The first kappa shape index (κ1) is 15.1. The standard InChI is InChI=1S/C16H19N3OS/c1-3-7-18-16(20)15-13(17)9-14(21-15)19-10-12-6-4-5-11(2)8-12/h3-6,8-9,19H,1,7,10,17H2,2H3,(H,18,20). The number of carbonyl (C=O) groups is 1. The van der Waals surface area contributed by atoms with Crippen molar-refractivity contribution in [3.63, 3.8) is 0 Å². The first-order chi connectivity index (χ1) is 10.1. The summed E-state index contributed by atoms with van der Waals surface area (Å²) >= 11 is 1.36. The molecule has 5 heteroatoms. The molecule has 1 amide bonds. The molecule has 0 aliphatic heterocycles. The van der Waals surface area contributed by atoms with Crippen LogP contribution in [0, 0.1) is 6.92 Å². The van der Waals surface area contributed by atoms with E-state index in [1.165, 1.54) is 22.5 Å². The van der Waals surface area contributed by atoms with Gasteiger partial charge in [-0.3, -0.25) is 4.79 Å². The van der Waals surface area contributed by atoms with Crippen LogP contribution in [0.4, 0.5) is 10.7 Å². The molecule has 0 radical (unpaired) electrons. The Labute approximate surface area is 128 Å². The van der Waals surface area contributed by atoms with Gasteiger partial charge in [0.2, 0.25) is 0 Å². The van der Waals surface area contributed by atoms with E-state index in [-0.39, 0.29) is 5.91 Å². The lowest BCUT2D eigenvalue weighted by Crippen LogP contribution is -2.22. The molecule has 0 unspecified atom stereocenters. The molecule has 1 aromatic carbocycles. The van der Waals surface area contributed by atoms with Gasteiger partial charge in [-0.05, 0) is 18.6 Å². The number of nitrogen functional groups attached to an aromatic ring is 1.